The number of fused-ring (bicyclic) bond motifs is 1. The van der Waals surface area contributed by atoms with Crippen LogP contribution in [-0.4, -0.2) is 91.7 Å². The number of amides is 2. The van der Waals surface area contributed by atoms with Crippen molar-refractivity contribution in [1.82, 2.24) is 24.5 Å². The van der Waals surface area contributed by atoms with Crippen LogP contribution < -0.4 is 9.64 Å². The van der Waals surface area contributed by atoms with Gasteiger partial charge in [0.15, 0.2) is 0 Å². The lowest BCUT2D eigenvalue weighted by Crippen LogP contribution is -2.48. The van der Waals surface area contributed by atoms with Gasteiger partial charge in [-0.2, -0.15) is 13.2 Å². The van der Waals surface area contributed by atoms with Crippen LogP contribution in [0.25, 0.3) is 10.9 Å². The second-order valence-corrected chi connectivity index (χ2v) is 12.2. The number of carboxylic acid groups (broad SMARTS) is 2. The molecular formula is C37H35F3N6O8. The Balaban J connectivity index is 0.000000631. The number of hydrogen-bond donors (Lipinski definition) is 2. The molecule has 0 unspecified atom stereocenters. The van der Waals surface area contributed by atoms with Crippen molar-refractivity contribution in [2.24, 2.45) is 7.05 Å². The van der Waals surface area contributed by atoms with Gasteiger partial charge in [-0.1, -0.05) is 5.16 Å². The normalized spacial score (nSPS) is 13.4. The number of anilines is 1. The maximum Gasteiger partial charge on any atom is 0.416 e. The summed E-state index contributed by atoms with van der Waals surface area (Å²) in [5.41, 5.74) is 2.07. The zero-order valence-corrected chi connectivity index (χ0v) is 29.3. The van der Waals surface area contributed by atoms with Gasteiger partial charge in [0, 0.05) is 87.6 Å². The minimum absolute atomic E-state index is 0.0367. The highest BCUT2D eigenvalue weighted by molar-refractivity contribution is 6.05. The minimum atomic E-state index is -4.48. The van der Waals surface area contributed by atoms with Crippen molar-refractivity contribution in [1.29, 1.82) is 0 Å². The Hall–Kier alpha value is -6.49. The first-order valence-corrected chi connectivity index (χ1v) is 16.4. The number of hydrogen-bond acceptors (Lipinski definition) is 9. The first kappa shape index (κ1) is 38.7. The van der Waals surface area contributed by atoms with Crippen molar-refractivity contribution < 1.29 is 51.8 Å². The van der Waals surface area contributed by atoms with E-state index in [2.05, 4.69) is 15.0 Å². The van der Waals surface area contributed by atoms with Crippen molar-refractivity contribution in [3.8, 4) is 11.6 Å². The molecule has 1 fully saturated rings. The number of pyridine rings is 1. The third kappa shape index (κ3) is 9.68. The highest BCUT2D eigenvalue weighted by atomic mass is 19.4. The summed E-state index contributed by atoms with van der Waals surface area (Å²) in [5, 5.41) is 20.5. The molecular weight excluding hydrogens is 713 g/mol. The fourth-order valence-corrected chi connectivity index (χ4v) is 5.60. The summed E-state index contributed by atoms with van der Waals surface area (Å²) in [5.74, 6) is -1.45. The Kier molecular flexibility index (Phi) is 11.8. The summed E-state index contributed by atoms with van der Waals surface area (Å²) in [7, 11) is 3.38. The van der Waals surface area contributed by atoms with Gasteiger partial charge in [-0.25, -0.2) is 14.6 Å². The van der Waals surface area contributed by atoms with Crippen LogP contribution in [0.4, 0.5) is 18.9 Å². The van der Waals surface area contributed by atoms with Gasteiger partial charge in [0.25, 0.3) is 11.8 Å². The standard InChI is InChI=1S/C33H31F3N6O4.C4H4O4/c1-21-16-25(38-46-21)20-41-12-14-42(15-13-41)32(44)29-18-23-17-27(9-10-28(23)40(29)3)45-30-11-8-26(19-37-30)39(2)31(43)22-4-6-24(7-5-22)33(34,35)36;5-3(6)1-2-4(7)8/h4-11,16-19H,12-15,20H2,1-3H3;1-2H,(H,5,6)(H,7,8). The number of aliphatic carboxylic acids is 2. The molecule has 0 radical (unpaired) electrons. The number of aromatic nitrogens is 3. The number of carboxylic acids is 2. The molecule has 1 aliphatic rings. The minimum Gasteiger partial charge on any atom is -0.478 e. The van der Waals surface area contributed by atoms with Crippen molar-refractivity contribution in [2.75, 3.05) is 38.1 Å². The predicted molar refractivity (Wildman–Crippen MR) is 188 cm³/mol. The molecule has 0 aliphatic carbocycles. The van der Waals surface area contributed by atoms with Crippen LogP contribution in [0.1, 0.15) is 37.9 Å². The maximum absolute atomic E-state index is 13.5. The van der Waals surface area contributed by atoms with Gasteiger partial charge in [0.2, 0.25) is 5.88 Å². The molecule has 1 aliphatic heterocycles. The lowest BCUT2D eigenvalue weighted by molar-refractivity contribution is -0.137. The Labute approximate surface area is 306 Å². The van der Waals surface area contributed by atoms with E-state index >= 15 is 0 Å². The highest BCUT2D eigenvalue weighted by Crippen LogP contribution is 2.30. The van der Waals surface area contributed by atoms with Gasteiger partial charge in [-0.3, -0.25) is 14.5 Å². The summed E-state index contributed by atoms with van der Waals surface area (Å²) < 4.78 is 51.6. The average Bonchev–Trinajstić information content (AvgIpc) is 3.71. The van der Waals surface area contributed by atoms with Crippen molar-refractivity contribution in [3.63, 3.8) is 0 Å². The molecule has 17 heteroatoms. The molecule has 0 atom stereocenters. The van der Waals surface area contributed by atoms with Crippen LogP contribution in [0, 0.1) is 6.92 Å². The van der Waals surface area contributed by atoms with E-state index in [-0.39, 0.29) is 17.4 Å². The highest BCUT2D eigenvalue weighted by Gasteiger charge is 2.30. The summed E-state index contributed by atoms with van der Waals surface area (Å²) in [6, 6.07) is 16.6. The number of ether oxygens (including phenoxy) is 1. The SMILES string of the molecule is Cc1cc(CN2CCN(C(=O)c3cc4cc(Oc5ccc(N(C)C(=O)c6ccc(C(F)(F)F)cc6)cn5)ccc4n3C)CC2)no1.O=C(O)C=CC(=O)O. The molecule has 6 rings (SSSR count). The summed E-state index contributed by atoms with van der Waals surface area (Å²) in [6.45, 7) is 5.25. The Morgan fingerprint density at radius 2 is 1.59 bits per heavy atom. The second-order valence-electron chi connectivity index (χ2n) is 12.2. The van der Waals surface area contributed by atoms with E-state index in [0.717, 1.165) is 59.7 Å². The molecule has 2 amide bonds. The van der Waals surface area contributed by atoms with Crippen LogP contribution in [0.2, 0.25) is 0 Å². The van der Waals surface area contributed by atoms with Gasteiger partial charge < -0.3 is 33.8 Å². The Morgan fingerprint density at radius 1 is 0.926 bits per heavy atom. The molecule has 54 heavy (non-hydrogen) atoms. The van der Waals surface area contributed by atoms with E-state index in [1.807, 2.05) is 47.7 Å². The molecule has 2 N–H and O–H groups in total. The first-order chi connectivity index (χ1) is 25.6. The number of carbonyl (C=O) groups is 4. The van der Waals surface area contributed by atoms with E-state index in [1.54, 1.807) is 18.2 Å². The summed E-state index contributed by atoms with van der Waals surface area (Å²) >= 11 is 0. The first-order valence-electron chi connectivity index (χ1n) is 16.4. The number of benzene rings is 2. The Bertz CT molecular complexity index is 2150. The molecule has 5 aromatic rings. The van der Waals surface area contributed by atoms with Gasteiger partial charge in [0.1, 0.15) is 17.2 Å². The molecule has 1 saturated heterocycles. The monoisotopic (exact) mass is 748 g/mol. The molecule has 3 aromatic heterocycles. The predicted octanol–water partition coefficient (Wildman–Crippen LogP) is 5.63. The maximum atomic E-state index is 13.5. The third-order valence-electron chi connectivity index (χ3n) is 8.42. The number of halogens is 3. The fraction of sp³-hybridized carbons (Fsp3) is 0.243. The Morgan fingerprint density at radius 3 is 2.15 bits per heavy atom. The second kappa shape index (κ2) is 16.5. The zero-order valence-electron chi connectivity index (χ0n) is 29.3. The fourth-order valence-electron chi connectivity index (χ4n) is 5.60. The van der Waals surface area contributed by atoms with Gasteiger partial charge in [-0.15, -0.1) is 0 Å². The van der Waals surface area contributed by atoms with Crippen LogP contribution >= 0.6 is 0 Å². The molecule has 282 valence electrons. The van der Waals surface area contributed by atoms with Crippen LogP contribution in [0.5, 0.6) is 11.6 Å². The number of alkyl halides is 3. The number of carbonyl (C=O) groups excluding carboxylic acids is 2. The van der Waals surface area contributed by atoms with Crippen LogP contribution in [0.3, 0.4) is 0 Å². The van der Waals surface area contributed by atoms with Gasteiger partial charge in [0.05, 0.1) is 23.1 Å². The van der Waals surface area contributed by atoms with E-state index in [0.29, 0.717) is 48.9 Å². The van der Waals surface area contributed by atoms with Crippen molar-refractivity contribution >= 4 is 40.3 Å². The average molecular weight is 749 g/mol. The molecule has 2 aromatic carbocycles. The molecule has 0 saturated carbocycles. The zero-order chi connectivity index (χ0) is 39.2. The third-order valence-corrected chi connectivity index (χ3v) is 8.42. The smallest absolute Gasteiger partial charge is 0.416 e. The van der Waals surface area contributed by atoms with E-state index < -0.39 is 29.6 Å². The van der Waals surface area contributed by atoms with E-state index in [9.17, 15) is 32.3 Å². The van der Waals surface area contributed by atoms with Crippen molar-refractivity contribution in [2.45, 2.75) is 19.6 Å². The number of piperazine rings is 1. The summed E-state index contributed by atoms with van der Waals surface area (Å²) in [6.07, 6.45) is -1.92. The van der Waals surface area contributed by atoms with Crippen molar-refractivity contribution in [3.05, 3.63) is 113 Å². The van der Waals surface area contributed by atoms with Crippen LogP contribution in [0.15, 0.2) is 89.6 Å². The topological polar surface area (TPSA) is 172 Å². The lowest BCUT2D eigenvalue weighted by Gasteiger charge is -2.34. The van der Waals surface area contributed by atoms with E-state index in [4.69, 9.17) is 19.5 Å². The number of rotatable bonds is 9. The molecule has 0 spiro atoms. The largest absolute Gasteiger partial charge is 0.478 e. The van der Waals surface area contributed by atoms with Gasteiger partial charge >= 0.3 is 18.1 Å². The lowest BCUT2D eigenvalue weighted by atomic mass is 10.1. The molecule has 4 heterocycles. The van der Waals surface area contributed by atoms with E-state index in [1.165, 1.54) is 18.1 Å². The molecule has 14 nitrogen and oxygen atoms in total. The molecule has 0 bridgehead atoms. The van der Waals surface area contributed by atoms with Crippen LogP contribution in [-0.2, 0) is 29.4 Å². The number of nitrogens with zero attached hydrogens (tertiary/aromatic N) is 6. The van der Waals surface area contributed by atoms with Gasteiger partial charge in [-0.05, 0) is 61.5 Å². The quantitative estimate of drug-likeness (QED) is 0.179. The summed E-state index contributed by atoms with van der Waals surface area (Å²) in [4.78, 5) is 55.1. The number of aryl methyl sites for hydroxylation is 2.